The largest absolute Gasteiger partial charge is 0.349 e. The Kier molecular flexibility index (Phi) is 6.52. The fraction of sp³-hybridized carbons (Fsp3) is 0.150. The van der Waals surface area contributed by atoms with Crippen molar-refractivity contribution in [1.82, 2.24) is 10.2 Å². The number of hydrogen-bond donors (Lipinski definition) is 2. The average molecular weight is 348 g/mol. The van der Waals surface area contributed by atoms with Crippen LogP contribution < -0.4 is 10.6 Å². The van der Waals surface area contributed by atoms with Crippen LogP contribution in [0.15, 0.2) is 61.2 Å². The molecule has 0 aliphatic rings. The summed E-state index contributed by atoms with van der Waals surface area (Å²) < 4.78 is 0. The fourth-order valence-corrected chi connectivity index (χ4v) is 2.28. The van der Waals surface area contributed by atoms with Gasteiger partial charge in [0, 0.05) is 31.4 Å². The zero-order valence-corrected chi connectivity index (χ0v) is 14.5. The van der Waals surface area contributed by atoms with Gasteiger partial charge in [0.25, 0.3) is 5.91 Å². The van der Waals surface area contributed by atoms with E-state index in [1.54, 1.807) is 55.6 Å². The van der Waals surface area contributed by atoms with Gasteiger partial charge in [0.15, 0.2) is 0 Å². The van der Waals surface area contributed by atoms with E-state index in [0.29, 0.717) is 29.9 Å². The second kappa shape index (κ2) is 9.04. The molecule has 26 heavy (non-hydrogen) atoms. The maximum atomic E-state index is 12.3. The van der Waals surface area contributed by atoms with Crippen molar-refractivity contribution in [3.05, 3.63) is 77.9 Å². The topological polar surface area (TPSA) is 85.2 Å². The van der Waals surface area contributed by atoms with E-state index in [-0.39, 0.29) is 11.9 Å². The predicted molar refractivity (Wildman–Crippen MR) is 101 cm³/mol. The predicted octanol–water partition coefficient (Wildman–Crippen LogP) is 3.14. The van der Waals surface area contributed by atoms with Crippen molar-refractivity contribution in [3.63, 3.8) is 0 Å². The van der Waals surface area contributed by atoms with Crippen LogP contribution in [0.2, 0.25) is 0 Å². The first-order valence-corrected chi connectivity index (χ1v) is 8.04. The molecule has 0 heterocycles. The number of carbonyl (C=O) groups excluding carboxylic acids is 2. The van der Waals surface area contributed by atoms with Crippen molar-refractivity contribution < 1.29 is 9.59 Å². The van der Waals surface area contributed by atoms with Gasteiger partial charge in [-0.25, -0.2) is 4.79 Å². The van der Waals surface area contributed by atoms with Gasteiger partial charge in [-0.1, -0.05) is 18.2 Å². The molecule has 0 aliphatic carbocycles. The van der Waals surface area contributed by atoms with Gasteiger partial charge in [-0.05, 0) is 42.0 Å². The first-order valence-electron chi connectivity index (χ1n) is 8.04. The van der Waals surface area contributed by atoms with Crippen molar-refractivity contribution in [3.8, 4) is 6.07 Å². The van der Waals surface area contributed by atoms with E-state index in [0.717, 1.165) is 5.56 Å². The highest BCUT2D eigenvalue weighted by molar-refractivity contribution is 5.95. The Balaban J connectivity index is 1.94. The van der Waals surface area contributed by atoms with Crippen molar-refractivity contribution in [1.29, 1.82) is 5.26 Å². The molecule has 0 bridgehead atoms. The lowest BCUT2D eigenvalue weighted by molar-refractivity contribution is 0.0958. The standard InChI is InChI=1S/C20H20N4O2/c1-3-11-22-19(25)17-7-9-18(10-8-17)23-20(26)24(2)14-16-6-4-5-15(12-16)13-21/h3-10,12H,1,11,14H2,2H3,(H,22,25)(H,23,26). The summed E-state index contributed by atoms with van der Waals surface area (Å²) in [5.41, 5.74) is 2.52. The van der Waals surface area contributed by atoms with Gasteiger partial charge in [0.2, 0.25) is 0 Å². The third-order valence-corrected chi connectivity index (χ3v) is 3.63. The molecule has 3 amide bonds. The van der Waals surface area contributed by atoms with E-state index < -0.39 is 0 Å². The molecule has 0 fully saturated rings. The molecule has 0 unspecified atom stereocenters. The second-order valence-electron chi connectivity index (χ2n) is 5.67. The molecule has 2 aromatic rings. The van der Waals surface area contributed by atoms with Gasteiger partial charge in [-0.3, -0.25) is 4.79 Å². The van der Waals surface area contributed by atoms with Crippen molar-refractivity contribution >= 4 is 17.6 Å². The number of urea groups is 1. The highest BCUT2D eigenvalue weighted by atomic mass is 16.2. The first kappa shape index (κ1) is 18.7. The summed E-state index contributed by atoms with van der Waals surface area (Å²) in [7, 11) is 1.67. The molecule has 0 atom stereocenters. The number of carbonyl (C=O) groups is 2. The molecule has 0 saturated carbocycles. The Morgan fingerprint density at radius 2 is 1.96 bits per heavy atom. The van der Waals surface area contributed by atoms with E-state index in [1.807, 2.05) is 6.07 Å². The van der Waals surface area contributed by atoms with Crippen LogP contribution in [0.5, 0.6) is 0 Å². The summed E-state index contributed by atoms with van der Waals surface area (Å²) in [6, 6.07) is 15.5. The lowest BCUT2D eigenvalue weighted by Crippen LogP contribution is -2.30. The van der Waals surface area contributed by atoms with Crippen LogP contribution in [0.3, 0.4) is 0 Å². The fourth-order valence-electron chi connectivity index (χ4n) is 2.28. The number of anilines is 1. The van der Waals surface area contributed by atoms with Crippen molar-refractivity contribution in [2.24, 2.45) is 0 Å². The number of rotatable bonds is 6. The Bertz CT molecular complexity index is 838. The van der Waals surface area contributed by atoms with Crippen LogP contribution in [-0.2, 0) is 6.54 Å². The number of nitrogens with one attached hydrogen (secondary N) is 2. The number of nitrogens with zero attached hydrogens (tertiary/aromatic N) is 2. The van der Waals surface area contributed by atoms with Gasteiger partial charge in [0.05, 0.1) is 11.6 Å². The number of amides is 3. The Labute approximate surface area is 152 Å². The number of hydrogen-bond acceptors (Lipinski definition) is 3. The Morgan fingerprint density at radius 1 is 1.23 bits per heavy atom. The first-order chi connectivity index (χ1) is 12.5. The highest BCUT2D eigenvalue weighted by Crippen LogP contribution is 2.12. The molecule has 2 aromatic carbocycles. The molecule has 0 aromatic heterocycles. The Morgan fingerprint density at radius 3 is 2.62 bits per heavy atom. The third-order valence-electron chi connectivity index (χ3n) is 3.63. The van der Waals surface area contributed by atoms with Crippen molar-refractivity contribution in [2.45, 2.75) is 6.54 Å². The van der Waals surface area contributed by atoms with Gasteiger partial charge < -0.3 is 15.5 Å². The van der Waals surface area contributed by atoms with E-state index >= 15 is 0 Å². The second-order valence-corrected chi connectivity index (χ2v) is 5.67. The molecule has 2 rings (SSSR count). The minimum atomic E-state index is -0.281. The lowest BCUT2D eigenvalue weighted by atomic mass is 10.1. The lowest BCUT2D eigenvalue weighted by Gasteiger charge is -2.18. The van der Waals surface area contributed by atoms with Crippen LogP contribution in [0, 0.1) is 11.3 Å². The molecule has 0 radical (unpaired) electrons. The van der Waals surface area contributed by atoms with Crippen LogP contribution in [-0.4, -0.2) is 30.4 Å². The van der Waals surface area contributed by atoms with Crippen LogP contribution in [0.4, 0.5) is 10.5 Å². The molecular weight excluding hydrogens is 328 g/mol. The maximum Gasteiger partial charge on any atom is 0.321 e. The molecule has 0 spiro atoms. The van der Waals surface area contributed by atoms with Crippen LogP contribution in [0.1, 0.15) is 21.5 Å². The zero-order valence-electron chi connectivity index (χ0n) is 14.5. The molecule has 0 saturated heterocycles. The van der Waals surface area contributed by atoms with Gasteiger partial charge in [0.1, 0.15) is 0 Å². The summed E-state index contributed by atoms with van der Waals surface area (Å²) in [5, 5.41) is 14.4. The monoisotopic (exact) mass is 348 g/mol. The minimum absolute atomic E-state index is 0.197. The SMILES string of the molecule is C=CCNC(=O)c1ccc(NC(=O)N(C)Cc2cccc(C#N)c2)cc1. The molecular formula is C20H20N4O2. The molecule has 6 heteroatoms. The van der Waals surface area contributed by atoms with Gasteiger partial charge in [-0.2, -0.15) is 5.26 Å². The van der Waals surface area contributed by atoms with E-state index in [2.05, 4.69) is 23.3 Å². The summed E-state index contributed by atoms with van der Waals surface area (Å²) in [4.78, 5) is 25.6. The highest BCUT2D eigenvalue weighted by Gasteiger charge is 2.10. The Hall–Kier alpha value is -3.59. The summed E-state index contributed by atoms with van der Waals surface area (Å²) >= 11 is 0. The molecule has 6 nitrogen and oxygen atoms in total. The molecule has 2 N–H and O–H groups in total. The summed E-state index contributed by atoms with van der Waals surface area (Å²) in [6.07, 6.45) is 1.61. The molecule has 0 aliphatic heterocycles. The van der Waals surface area contributed by atoms with E-state index in [9.17, 15) is 9.59 Å². The van der Waals surface area contributed by atoms with E-state index in [1.165, 1.54) is 4.90 Å². The smallest absolute Gasteiger partial charge is 0.321 e. The van der Waals surface area contributed by atoms with Crippen LogP contribution >= 0.6 is 0 Å². The zero-order chi connectivity index (χ0) is 18.9. The number of benzene rings is 2. The number of nitriles is 1. The normalized spacial score (nSPS) is 9.69. The third kappa shape index (κ3) is 5.21. The summed E-state index contributed by atoms with van der Waals surface area (Å²) in [5.74, 6) is -0.197. The van der Waals surface area contributed by atoms with Gasteiger partial charge >= 0.3 is 6.03 Å². The van der Waals surface area contributed by atoms with Crippen LogP contribution in [0.25, 0.3) is 0 Å². The minimum Gasteiger partial charge on any atom is -0.349 e. The van der Waals surface area contributed by atoms with Gasteiger partial charge in [-0.15, -0.1) is 6.58 Å². The summed E-state index contributed by atoms with van der Waals surface area (Å²) in [6.45, 7) is 4.32. The maximum absolute atomic E-state index is 12.3. The quantitative estimate of drug-likeness (QED) is 0.787. The average Bonchev–Trinajstić information content (AvgIpc) is 2.66. The van der Waals surface area contributed by atoms with E-state index in [4.69, 9.17) is 5.26 Å². The molecule has 132 valence electrons. The van der Waals surface area contributed by atoms with Crippen molar-refractivity contribution in [2.75, 3.05) is 18.9 Å².